The first kappa shape index (κ1) is 14.6. The van der Waals surface area contributed by atoms with Gasteiger partial charge in [-0.2, -0.15) is 0 Å². The van der Waals surface area contributed by atoms with Crippen LogP contribution in [0.2, 0.25) is 0 Å². The molecule has 0 fully saturated rings. The molecule has 1 aromatic rings. The molecule has 1 amide bonds. The third-order valence-electron chi connectivity index (χ3n) is 2.03. The summed E-state index contributed by atoms with van der Waals surface area (Å²) in [7, 11) is 1.32. The molecule has 0 unspecified atom stereocenters. The monoisotopic (exact) mass is 272 g/mol. The number of carbonyl (C=O) groups excluding carboxylic acids is 2. The number of anilines is 1. The van der Waals surface area contributed by atoms with Gasteiger partial charge in [0.2, 0.25) is 5.91 Å². The van der Waals surface area contributed by atoms with E-state index >= 15 is 0 Å². The summed E-state index contributed by atoms with van der Waals surface area (Å²) in [6, 6.07) is 0. The van der Waals surface area contributed by atoms with E-state index in [2.05, 4.69) is 15.0 Å². The maximum Gasteiger partial charge on any atom is 0.311 e. The zero-order chi connectivity index (χ0) is 13.4. The van der Waals surface area contributed by atoms with Crippen molar-refractivity contribution < 1.29 is 19.1 Å². The van der Waals surface area contributed by atoms with E-state index in [0.717, 1.165) is 0 Å². The third-order valence-corrected chi connectivity index (χ3v) is 2.84. The Morgan fingerprint density at radius 3 is 2.94 bits per heavy atom. The minimum absolute atomic E-state index is 0.113. The standard InChI is InChI=1S/C11H16N2O4S/c1-3-17-5-4-9(14)13-11-12-8(7-18-11)6-10(15)16-2/h7H,3-6H2,1-2H3,(H,12,13,14). The van der Waals surface area contributed by atoms with Crippen LogP contribution in [0.5, 0.6) is 0 Å². The van der Waals surface area contributed by atoms with Gasteiger partial charge in [-0.25, -0.2) is 4.98 Å². The number of aromatic nitrogens is 1. The van der Waals surface area contributed by atoms with E-state index < -0.39 is 0 Å². The van der Waals surface area contributed by atoms with Gasteiger partial charge in [-0.3, -0.25) is 9.59 Å². The summed E-state index contributed by atoms with van der Waals surface area (Å²) in [5.74, 6) is -0.503. The first-order chi connectivity index (χ1) is 8.65. The molecule has 6 nitrogen and oxygen atoms in total. The molecule has 0 aliphatic heterocycles. The first-order valence-electron chi connectivity index (χ1n) is 5.54. The lowest BCUT2D eigenvalue weighted by atomic mass is 10.3. The highest BCUT2D eigenvalue weighted by molar-refractivity contribution is 7.13. The molecule has 1 rings (SSSR count). The first-order valence-corrected chi connectivity index (χ1v) is 6.42. The Morgan fingerprint density at radius 1 is 1.50 bits per heavy atom. The second-order valence-electron chi connectivity index (χ2n) is 3.39. The lowest BCUT2D eigenvalue weighted by molar-refractivity contribution is -0.139. The van der Waals surface area contributed by atoms with Crippen molar-refractivity contribution in [1.82, 2.24) is 4.98 Å². The quantitative estimate of drug-likeness (QED) is 0.596. The average molecular weight is 272 g/mol. The lowest BCUT2D eigenvalue weighted by Crippen LogP contribution is -2.14. The van der Waals surface area contributed by atoms with Crippen molar-refractivity contribution in [2.24, 2.45) is 0 Å². The van der Waals surface area contributed by atoms with Crippen LogP contribution in [-0.2, 0) is 25.5 Å². The van der Waals surface area contributed by atoms with Gasteiger partial charge in [-0.15, -0.1) is 11.3 Å². The molecular weight excluding hydrogens is 256 g/mol. The largest absolute Gasteiger partial charge is 0.469 e. The number of nitrogens with one attached hydrogen (secondary N) is 1. The van der Waals surface area contributed by atoms with Gasteiger partial charge in [0.25, 0.3) is 0 Å². The average Bonchev–Trinajstić information content (AvgIpc) is 2.76. The van der Waals surface area contributed by atoms with Crippen LogP contribution in [-0.4, -0.2) is 37.2 Å². The minimum atomic E-state index is -0.352. The van der Waals surface area contributed by atoms with Gasteiger partial charge in [0.15, 0.2) is 5.13 Å². The predicted octanol–water partition coefficient (Wildman–Crippen LogP) is 1.22. The Morgan fingerprint density at radius 2 is 2.28 bits per heavy atom. The number of ether oxygens (including phenoxy) is 2. The summed E-state index contributed by atoms with van der Waals surface area (Å²) in [4.78, 5) is 26.6. The van der Waals surface area contributed by atoms with Crippen LogP contribution >= 0.6 is 11.3 Å². The second kappa shape index (κ2) is 7.78. The molecule has 1 aromatic heterocycles. The SMILES string of the molecule is CCOCCC(=O)Nc1nc(CC(=O)OC)cs1. The zero-order valence-electron chi connectivity index (χ0n) is 10.4. The number of esters is 1. The number of rotatable bonds is 7. The molecule has 0 aromatic carbocycles. The van der Waals surface area contributed by atoms with E-state index in [4.69, 9.17) is 4.74 Å². The molecular formula is C11H16N2O4S. The van der Waals surface area contributed by atoms with Gasteiger partial charge in [-0.05, 0) is 6.92 Å². The van der Waals surface area contributed by atoms with Crippen LogP contribution in [0.15, 0.2) is 5.38 Å². The summed E-state index contributed by atoms with van der Waals surface area (Å²) >= 11 is 1.28. The van der Waals surface area contributed by atoms with Crippen molar-refractivity contribution in [3.05, 3.63) is 11.1 Å². The Labute approximate surface area is 109 Å². The predicted molar refractivity (Wildman–Crippen MR) is 67.6 cm³/mol. The highest BCUT2D eigenvalue weighted by Gasteiger charge is 2.09. The van der Waals surface area contributed by atoms with Crippen molar-refractivity contribution in [2.45, 2.75) is 19.8 Å². The van der Waals surface area contributed by atoms with E-state index in [1.807, 2.05) is 6.92 Å². The van der Waals surface area contributed by atoms with E-state index in [9.17, 15) is 9.59 Å². The van der Waals surface area contributed by atoms with Crippen molar-refractivity contribution >= 4 is 28.3 Å². The fourth-order valence-corrected chi connectivity index (χ4v) is 1.88. The van der Waals surface area contributed by atoms with E-state index in [1.165, 1.54) is 18.4 Å². The number of carbonyl (C=O) groups is 2. The normalized spacial score (nSPS) is 10.1. The summed E-state index contributed by atoms with van der Waals surface area (Å²) in [5, 5.41) is 4.85. The molecule has 0 aliphatic rings. The van der Waals surface area contributed by atoms with Crippen LogP contribution in [0.4, 0.5) is 5.13 Å². The Kier molecular flexibility index (Phi) is 6.31. The summed E-state index contributed by atoms with van der Waals surface area (Å²) in [6.07, 6.45) is 0.404. The number of methoxy groups -OCH3 is 1. The molecule has 0 bridgehead atoms. The number of nitrogens with zero attached hydrogens (tertiary/aromatic N) is 1. The van der Waals surface area contributed by atoms with Gasteiger partial charge in [-0.1, -0.05) is 0 Å². The van der Waals surface area contributed by atoms with Gasteiger partial charge in [0.05, 0.1) is 32.3 Å². The van der Waals surface area contributed by atoms with Crippen molar-refractivity contribution in [2.75, 3.05) is 25.6 Å². The molecule has 1 heterocycles. The smallest absolute Gasteiger partial charge is 0.311 e. The van der Waals surface area contributed by atoms with Crippen LogP contribution in [0.3, 0.4) is 0 Å². The fraction of sp³-hybridized carbons (Fsp3) is 0.545. The van der Waals surface area contributed by atoms with Crippen molar-refractivity contribution in [3.8, 4) is 0 Å². The van der Waals surface area contributed by atoms with Crippen LogP contribution in [0.1, 0.15) is 19.0 Å². The number of amides is 1. The molecule has 0 atom stereocenters. The number of thiazole rings is 1. The molecule has 18 heavy (non-hydrogen) atoms. The van der Waals surface area contributed by atoms with Gasteiger partial charge in [0, 0.05) is 12.0 Å². The lowest BCUT2D eigenvalue weighted by Gasteiger charge is -2.01. The van der Waals surface area contributed by atoms with E-state index in [-0.39, 0.29) is 18.3 Å². The minimum Gasteiger partial charge on any atom is -0.469 e. The van der Waals surface area contributed by atoms with Gasteiger partial charge in [0.1, 0.15) is 0 Å². The van der Waals surface area contributed by atoms with Crippen LogP contribution in [0.25, 0.3) is 0 Å². The third kappa shape index (κ3) is 5.24. The Balaban J connectivity index is 2.38. The number of hydrogen-bond acceptors (Lipinski definition) is 6. The van der Waals surface area contributed by atoms with Crippen molar-refractivity contribution in [3.63, 3.8) is 0 Å². The zero-order valence-corrected chi connectivity index (χ0v) is 11.2. The molecule has 100 valence electrons. The maximum absolute atomic E-state index is 11.5. The van der Waals surface area contributed by atoms with Gasteiger partial charge < -0.3 is 14.8 Å². The van der Waals surface area contributed by atoms with Crippen molar-refractivity contribution in [1.29, 1.82) is 0 Å². The van der Waals surface area contributed by atoms with Gasteiger partial charge >= 0.3 is 5.97 Å². The summed E-state index contributed by atoms with van der Waals surface area (Å²) in [5.41, 5.74) is 0.590. The Hall–Kier alpha value is -1.47. The highest BCUT2D eigenvalue weighted by Crippen LogP contribution is 2.16. The molecule has 0 radical (unpaired) electrons. The molecule has 1 N–H and O–H groups in total. The maximum atomic E-state index is 11.5. The topological polar surface area (TPSA) is 77.5 Å². The Bertz CT molecular complexity index is 406. The van der Waals surface area contributed by atoms with Crippen LogP contribution < -0.4 is 5.32 Å². The van der Waals surface area contributed by atoms with Crippen LogP contribution in [0, 0.1) is 0 Å². The molecule has 0 aliphatic carbocycles. The van der Waals surface area contributed by atoms with E-state index in [1.54, 1.807) is 5.38 Å². The molecule has 0 saturated carbocycles. The molecule has 7 heteroatoms. The highest BCUT2D eigenvalue weighted by atomic mass is 32.1. The second-order valence-corrected chi connectivity index (χ2v) is 4.25. The fourth-order valence-electron chi connectivity index (χ4n) is 1.16. The molecule has 0 spiro atoms. The molecule has 0 saturated heterocycles. The number of hydrogen-bond donors (Lipinski definition) is 1. The van der Waals surface area contributed by atoms with E-state index in [0.29, 0.717) is 30.5 Å². The summed E-state index contributed by atoms with van der Waals surface area (Å²) < 4.78 is 9.61. The summed E-state index contributed by atoms with van der Waals surface area (Å²) in [6.45, 7) is 2.86.